The van der Waals surface area contributed by atoms with Crippen molar-refractivity contribution in [3.05, 3.63) is 52.4 Å². The lowest BCUT2D eigenvalue weighted by Gasteiger charge is -2.16. The molecule has 1 heterocycles. The molecule has 3 rings (SSSR count). The van der Waals surface area contributed by atoms with Gasteiger partial charge in [-0.05, 0) is 24.3 Å². The molecule has 0 bridgehead atoms. The van der Waals surface area contributed by atoms with Gasteiger partial charge in [0.15, 0.2) is 0 Å². The summed E-state index contributed by atoms with van der Waals surface area (Å²) < 4.78 is 20.4. The third kappa shape index (κ3) is 5.25. The number of alkyl halides is 2. The summed E-state index contributed by atoms with van der Waals surface area (Å²) in [6.07, 6.45) is 0. The van der Waals surface area contributed by atoms with Crippen molar-refractivity contribution >= 4 is 60.7 Å². The van der Waals surface area contributed by atoms with E-state index in [-0.39, 0.29) is 34.0 Å². The molecule has 0 N–H and O–H groups in total. The van der Waals surface area contributed by atoms with Crippen LogP contribution in [0.5, 0.6) is 17.2 Å². The molecule has 1 aromatic heterocycles. The van der Waals surface area contributed by atoms with Crippen molar-refractivity contribution in [2.24, 2.45) is 0 Å². The minimum atomic E-state index is -0.718. The fourth-order valence-electron chi connectivity index (χ4n) is 3.09. The lowest BCUT2D eigenvalue weighted by molar-refractivity contribution is -0.133. The molecule has 0 aliphatic carbocycles. The summed E-state index contributed by atoms with van der Waals surface area (Å²) in [5.41, 5.74) is 0.364. The molecule has 2 aromatic carbocycles. The quantitative estimate of drug-likeness (QED) is 0.183. The lowest BCUT2D eigenvalue weighted by Crippen LogP contribution is -2.11. The number of hydrogen-bond donors (Lipinski definition) is 0. The molecule has 166 valence electrons. The van der Waals surface area contributed by atoms with Crippen molar-refractivity contribution in [2.45, 2.75) is 24.5 Å². The highest BCUT2D eigenvalue weighted by Crippen LogP contribution is 2.43. The zero-order valence-electron chi connectivity index (χ0n) is 17.1. The summed E-state index contributed by atoms with van der Waals surface area (Å²) in [4.78, 5) is 47.3. The van der Waals surface area contributed by atoms with Crippen LogP contribution >= 0.6 is 31.9 Å². The maximum Gasteiger partial charge on any atom is 0.344 e. The van der Waals surface area contributed by atoms with Crippen LogP contribution in [0.3, 0.4) is 0 Å². The van der Waals surface area contributed by atoms with Gasteiger partial charge in [-0.1, -0.05) is 31.9 Å². The van der Waals surface area contributed by atoms with Crippen molar-refractivity contribution in [3.63, 3.8) is 0 Å². The molecule has 0 radical (unpaired) electrons. The Labute approximate surface area is 198 Å². The SMILES string of the molecule is CC(=O)Oc1ccc(-c2c(C(Br)Br)c3ccc(OC(C)=O)cc3oc2=O)c(OC(C)=O)c1. The van der Waals surface area contributed by atoms with Gasteiger partial charge in [0.2, 0.25) is 0 Å². The Bertz CT molecular complexity index is 1290. The smallest absolute Gasteiger partial charge is 0.344 e. The fourth-order valence-corrected chi connectivity index (χ4v) is 4.05. The molecule has 3 aromatic rings. The van der Waals surface area contributed by atoms with Gasteiger partial charge < -0.3 is 18.6 Å². The Balaban J connectivity index is 2.30. The normalized spacial score (nSPS) is 10.8. The predicted octanol–water partition coefficient (Wildman–Crippen LogP) is 5.02. The van der Waals surface area contributed by atoms with Crippen molar-refractivity contribution in [3.8, 4) is 28.4 Å². The summed E-state index contributed by atoms with van der Waals surface area (Å²) in [6.45, 7) is 3.71. The van der Waals surface area contributed by atoms with E-state index in [0.717, 1.165) is 0 Å². The average Bonchev–Trinajstić information content (AvgIpc) is 2.66. The predicted molar refractivity (Wildman–Crippen MR) is 122 cm³/mol. The maximum atomic E-state index is 13.1. The van der Waals surface area contributed by atoms with Gasteiger partial charge in [0, 0.05) is 49.4 Å². The molecular formula is C22H16Br2O8. The summed E-state index contributed by atoms with van der Waals surface area (Å²) in [5, 5.41) is 0.548. The standard InChI is InChI=1S/C22H16Br2O8/c1-10(25)29-13-5-7-16(17(8-13)31-12(3)27)20-19(21(23)24)15-6-4-14(30-11(2)26)9-18(15)32-22(20)28/h4-9,21H,1-3H3. The number of rotatable bonds is 5. The van der Waals surface area contributed by atoms with Crippen molar-refractivity contribution in [1.29, 1.82) is 0 Å². The van der Waals surface area contributed by atoms with Gasteiger partial charge >= 0.3 is 23.5 Å². The highest BCUT2D eigenvalue weighted by molar-refractivity contribution is 9.24. The van der Waals surface area contributed by atoms with E-state index in [0.29, 0.717) is 10.9 Å². The second-order valence-electron chi connectivity index (χ2n) is 6.58. The minimum Gasteiger partial charge on any atom is -0.427 e. The molecule has 0 spiro atoms. The second-order valence-corrected chi connectivity index (χ2v) is 9.64. The fraction of sp³-hybridized carbons (Fsp3) is 0.182. The van der Waals surface area contributed by atoms with E-state index >= 15 is 0 Å². The van der Waals surface area contributed by atoms with Crippen LogP contribution in [-0.2, 0) is 14.4 Å². The number of hydrogen-bond acceptors (Lipinski definition) is 8. The Morgan fingerprint density at radius 3 is 1.97 bits per heavy atom. The maximum absolute atomic E-state index is 13.1. The summed E-state index contributed by atoms with van der Waals surface area (Å²) in [5.74, 6) is -1.31. The van der Waals surface area contributed by atoms with Crippen LogP contribution in [0.25, 0.3) is 22.1 Å². The first kappa shape index (κ1) is 23.7. The van der Waals surface area contributed by atoms with Crippen LogP contribution in [-0.4, -0.2) is 17.9 Å². The van der Waals surface area contributed by atoms with Gasteiger partial charge in [-0.3, -0.25) is 14.4 Å². The summed E-state index contributed by atoms with van der Waals surface area (Å²) in [7, 11) is 0. The minimum absolute atomic E-state index is 0.0151. The highest BCUT2D eigenvalue weighted by atomic mass is 79.9. The number of fused-ring (bicyclic) bond motifs is 1. The first-order valence-electron chi connectivity index (χ1n) is 9.15. The molecule has 0 unspecified atom stereocenters. The number of halogens is 2. The number of benzene rings is 2. The van der Waals surface area contributed by atoms with Crippen molar-refractivity contribution < 1.29 is 33.0 Å². The molecule has 0 amide bonds. The molecule has 0 fully saturated rings. The molecule has 0 saturated carbocycles. The van der Waals surface area contributed by atoms with Crippen molar-refractivity contribution in [2.75, 3.05) is 0 Å². The molecule has 0 saturated heterocycles. The van der Waals surface area contributed by atoms with E-state index in [2.05, 4.69) is 31.9 Å². The van der Waals surface area contributed by atoms with Crippen LogP contribution in [0.4, 0.5) is 0 Å². The van der Waals surface area contributed by atoms with E-state index in [4.69, 9.17) is 18.6 Å². The Hall–Kier alpha value is -2.98. The zero-order chi connectivity index (χ0) is 23.6. The van der Waals surface area contributed by atoms with Gasteiger partial charge in [-0.25, -0.2) is 4.79 Å². The van der Waals surface area contributed by atoms with E-state index < -0.39 is 27.3 Å². The number of carbonyl (C=O) groups excluding carboxylic acids is 3. The van der Waals surface area contributed by atoms with Crippen LogP contribution in [0.15, 0.2) is 45.6 Å². The van der Waals surface area contributed by atoms with Crippen LogP contribution < -0.4 is 19.8 Å². The Morgan fingerprint density at radius 2 is 1.41 bits per heavy atom. The molecule has 0 aliphatic heterocycles. The largest absolute Gasteiger partial charge is 0.427 e. The summed E-state index contributed by atoms with van der Waals surface area (Å²) >= 11 is 6.88. The average molecular weight is 568 g/mol. The van der Waals surface area contributed by atoms with Gasteiger partial charge in [-0.15, -0.1) is 0 Å². The second kappa shape index (κ2) is 9.66. The number of carbonyl (C=O) groups is 3. The van der Waals surface area contributed by atoms with E-state index in [9.17, 15) is 19.2 Å². The van der Waals surface area contributed by atoms with Crippen LogP contribution in [0.2, 0.25) is 0 Å². The van der Waals surface area contributed by atoms with E-state index in [1.165, 1.54) is 45.0 Å². The molecule has 8 nitrogen and oxygen atoms in total. The van der Waals surface area contributed by atoms with Gasteiger partial charge in [-0.2, -0.15) is 0 Å². The number of ether oxygens (including phenoxy) is 3. The third-order valence-electron chi connectivity index (χ3n) is 4.14. The third-order valence-corrected chi connectivity index (χ3v) is 5.05. The molecule has 32 heavy (non-hydrogen) atoms. The number of esters is 3. The summed E-state index contributed by atoms with van der Waals surface area (Å²) in [6, 6.07) is 8.95. The lowest BCUT2D eigenvalue weighted by atomic mass is 9.98. The monoisotopic (exact) mass is 566 g/mol. The molecule has 0 aliphatic rings. The van der Waals surface area contributed by atoms with Gasteiger partial charge in [0.1, 0.15) is 22.8 Å². The van der Waals surface area contributed by atoms with E-state index in [1.54, 1.807) is 12.1 Å². The molecule has 10 heteroatoms. The van der Waals surface area contributed by atoms with E-state index in [1.807, 2.05) is 0 Å². The first-order valence-corrected chi connectivity index (χ1v) is 11.0. The molecular weight excluding hydrogens is 552 g/mol. The Morgan fingerprint density at radius 1 is 0.844 bits per heavy atom. The highest BCUT2D eigenvalue weighted by Gasteiger charge is 2.24. The topological polar surface area (TPSA) is 109 Å². The zero-order valence-corrected chi connectivity index (χ0v) is 20.2. The van der Waals surface area contributed by atoms with Crippen LogP contribution in [0, 0.1) is 0 Å². The van der Waals surface area contributed by atoms with Gasteiger partial charge in [0.25, 0.3) is 0 Å². The molecule has 0 atom stereocenters. The first-order chi connectivity index (χ1) is 15.1. The van der Waals surface area contributed by atoms with Gasteiger partial charge in [0.05, 0.1) is 9.30 Å². The van der Waals surface area contributed by atoms with Crippen molar-refractivity contribution in [1.82, 2.24) is 0 Å². The Kier molecular flexibility index (Phi) is 7.15. The van der Waals surface area contributed by atoms with Crippen LogP contribution in [0.1, 0.15) is 30.1 Å².